The van der Waals surface area contributed by atoms with Crippen LogP contribution in [0.2, 0.25) is 5.02 Å². The summed E-state index contributed by atoms with van der Waals surface area (Å²) in [6.07, 6.45) is 8.60. The Bertz CT molecular complexity index is 3010. The lowest BCUT2D eigenvalue weighted by Crippen LogP contribution is -2.47. The first-order valence-corrected chi connectivity index (χ1v) is 21.9. The number of fused-ring (bicyclic) bond motifs is 1. The molecule has 8 rings (SSSR count). The van der Waals surface area contributed by atoms with Gasteiger partial charge < -0.3 is 19.9 Å². The molecule has 2 aromatic heterocycles. The van der Waals surface area contributed by atoms with Gasteiger partial charge in [0.2, 0.25) is 0 Å². The van der Waals surface area contributed by atoms with Crippen LogP contribution in [0.3, 0.4) is 0 Å². The van der Waals surface area contributed by atoms with Crippen molar-refractivity contribution in [3.05, 3.63) is 117 Å². The van der Waals surface area contributed by atoms with Crippen LogP contribution in [0.15, 0.2) is 95.7 Å². The van der Waals surface area contributed by atoms with Gasteiger partial charge in [0.25, 0.3) is 21.6 Å². The summed E-state index contributed by atoms with van der Waals surface area (Å²) in [6, 6.07) is 15.6. The van der Waals surface area contributed by atoms with Gasteiger partial charge in [0, 0.05) is 81.7 Å². The lowest BCUT2D eigenvalue weighted by Gasteiger charge is -2.39. The van der Waals surface area contributed by atoms with Crippen molar-refractivity contribution in [3.8, 4) is 11.5 Å². The number of hydrogen-bond donors (Lipinski definition) is 3. The van der Waals surface area contributed by atoms with E-state index in [4.69, 9.17) is 16.3 Å². The normalized spacial score (nSPS) is 23.6. The highest BCUT2D eigenvalue weighted by atomic mass is 35.5. The number of aromatic nitrogens is 2. The summed E-state index contributed by atoms with van der Waals surface area (Å²) in [4.78, 5) is 32.3. The highest BCUT2D eigenvalue weighted by Crippen LogP contribution is 2.43. The lowest BCUT2D eigenvalue weighted by molar-refractivity contribution is -0.384. The number of piperazine rings is 1. The molecule has 1 saturated heterocycles. The quantitative estimate of drug-likeness (QED) is 0.0767. The van der Waals surface area contributed by atoms with Gasteiger partial charge in [-0.2, -0.15) is 0 Å². The predicted molar refractivity (Wildman–Crippen MR) is 240 cm³/mol. The molecule has 2 aliphatic carbocycles. The molecule has 3 N–H and O–H groups in total. The van der Waals surface area contributed by atoms with E-state index < -0.39 is 80.9 Å². The van der Waals surface area contributed by atoms with Crippen LogP contribution in [0.1, 0.15) is 94.8 Å². The second kappa shape index (κ2) is 17.9. The summed E-state index contributed by atoms with van der Waals surface area (Å²) >= 11 is 6.18. The first kappa shape index (κ1) is 31.4. The number of ether oxygens (including phenoxy) is 1. The molecule has 1 saturated carbocycles. The maximum absolute atomic E-state index is 14.1. The minimum absolute atomic E-state index is 0.000522. The fraction of sp³-hybridized carbons (Fsp3) is 0.391. The van der Waals surface area contributed by atoms with Gasteiger partial charge in [-0.15, -0.1) is 0 Å². The van der Waals surface area contributed by atoms with Crippen LogP contribution in [-0.4, -0.2) is 73.1 Å². The SMILES string of the molecule is [2H]C([2H])(C1=C(c2ccc(Cl)cc2)CC(C)(C)CC1)N1C([2H])([2H])C([2H])([2H])N(c2ccc(C(=O)NS(=O)(=O)c3ccc(NCC4CCCCC4)c([N+](=O)[O-])c3)c(Oc3cnc4[nH]ccc4c3)c2)C([2H])([2H])C1([2H])[2H]. The van der Waals surface area contributed by atoms with Crippen LogP contribution in [0.4, 0.5) is 17.1 Å². The topological polar surface area (TPSA) is 163 Å². The average Bonchev–Trinajstić information content (AvgIpc) is 3.75. The number of amides is 1. The second-order valence-corrected chi connectivity index (χ2v) is 18.3. The Hall–Kier alpha value is -5.44. The largest absolute Gasteiger partial charge is 0.455 e. The van der Waals surface area contributed by atoms with Gasteiger partial charge >= 0.3 is 0 Å². The first-order chi connectivity index (χ1) is 33.1. The summed E-state index contributed by atoms with van der Waals surface area (Å²) in [7, 11) is -4.87. The number of nitro groups is 1. The zero-order valence-electron chi connectivity index (χ0n) is 43.5. The third-order valence-electron chi connectivity index (χ3n) is 11.1. The number of nitrogens with one attached hydrogen (secondary N) is 3. The molecule has 0 atom stereocenters. The summed E-state index contributed by atoms with van der Waals surface area (Å²) < 4.78 is 129. The Labute approximate surface area is 375 Å². The molecule has 13 nitrogen and oxygen atoms in total. The highest BCUT2D eigenvalue weighted by molar-refractivity contribution is 7.90. The van der Waals surface area contributed by atoms with Crippen molar-refractivity contribution in [2.45, 2.75) is 70.1 Å². The maximum Gasteiger partial charge on any atom is 0.293 e. The van der Waals surface area contributed by atoms with E-state index in [1.807, 2.05) is 18.6 Å². The van der Waals surface area contributed by atoms with Gasteiger partial charge in [0.15, 0.2) is 0 Å². The Balaban J connectivity index is 1.17. The molecule has 61 heavy (non-hydrogen) atoms. The summed E-state index contributed by atoms with van der Waals surface area (Å²) in [6.45, 7) is -13.4. The zero-order chi connectivity index (χ0) is 51.7. The Morgan fingerprint density at radius 2 is 1.82 bits per heavy atom. The van der Waals surface area contributed by atoms with Gasteiger partial charge in [0.1, 0.15) is 22.8 Å². The Morgan fingerprint density at radius 3 is 2.57 bits per heavy atom. The fourth-order valence-corrected chi connectivity index (χ4v) is 8.91. The molecule has 0 radical (unpaired) electrons. The number of carbonyl (C=O) groups excluding carboxylic acids is 1. The monoisotopic (exact) mass is 875 g/mol. The Kier molecular flexibility index (Phi) is 9.21. The molecular formula is C46H52ClN7O6S. The van der Waals surface area contributed by atoms with Crippen LogP contribution >= 0.6 is 11.6 Å². The van der Waals surface area contributed by atoms with Gasteiger partial charge in [-0.1, -0.05) is 62.4 Å². The number of hydrogen-bond acceptors (Lipinski definition) is 10. The third-order valence-corrected chi connectivity index (χ3v) is 12.7. The van der Waals surface area contributed by atoms with Crippen molar-refractivity contribution in [2.24, 2.45) is 11.3 Å². The highest BCUT2D eigenvalue weighted by Gasteiger charge is 2.30. The number of halogens is 1. The van der Waals surface area contributed by atoms with Crippen molar-refractivity contribution in [3.63, 3.8) is 0 Å². The van der Waals surface area contributed by atoms with E-state index in [0.717, 1.165) is 62.4 Å². The summed E-state index contributed by atoms with van der Waals surface area (Å²) in [5.74, 6) is -1.65. The molecule has 3 aromatic carbocycles. The number of benzene rings is 3. The number of pyridine rings is 1. The predicted octanol–water partition coefficient (Wildman–Crippen LogP) is 9.81. The number of nitrogens with zero attached hydrogens (tertiary/aromatic N) is 4. The van der Waals surface area contributed by atoms with E-state index in [-0.39, 0.29) is 51.0 Å². The van der Waals surface area contributed by atoms with Crippen LogP contribution in [-0.2, 0) is 10.0 Å². The van der Waals surface area contributed by atoms with Crippen LogP contribution in [0.25, 0.3) is 16.6 Å². The van der Waals surface area contributed by atoms with E-state index in [0.29, 0.717) is 40.2 Å². The smallest absolute Gasteiger partial charge is 0.293 e. The number of nitro benzene ring substituents is 1. The number of anilines is 2. The van der Waals surface area contributed by atoms with Crippen molar-refractivity contribution in [1.82, 2.24) is 19.6 Å². The fourth-order valence-electron chi connectivity index (χ4n) is 7.80. The van der Waals surface area contributed by atoms with Crippen molar-refractivity contribution < 1.29 is 36.6 Å². The minimum atomic E-state index is -4.87. The molecule has 0 unspecified atom stereocenters. The zero-order valence-corrected chi connectivity index (χ0v) is 35.1. The molecule has 0 spiro atoms. The number of carbonyl (C=O) groups is 1. The number of rotatable bonds is 13. The molecule has 0 bridgehead atoms. The number of H-pyrrole nitrogens is 1. The summed E-state index contributed by atoms with van der Waals surface area (Å²) in [5.41, 5.74) is -0.639. The average molecular weight is 877 g/mol. The number of allylic oxidation sites excluding steroid dienone is 1. The first-order valence-electron chi connectivity index (χ1n) is 25.0. The standard InChI is InChI=1S/C46H52ClN7O6S/c1-46(2)18-16-34(40(27-46)32-8-10-35(47)11-9-32)30-52-20-22-53(23-21-52)36-12-14-39(43(25-36)60-37-24-33-17-19-48-44(33)50-29-37)45(55)51-61(58,59)38-13-15-41(42(26-38)54(56)57)49-28-31-6-4-3-5-7-31/h8-15,17,19,24-26,29,31,49H,3-7,16,18,20-23,27-28,30H2,1-2H3,(H,48,50)(H,51,55)/i20D2,21D2,22D2,23D2,30D2. The van der Waals surface area contributed by atoms with Crippen molar-refractivity contribution >= 4 is 61.2 Å². The molecule has 3 heterocycles. The molecular weight excluding hydrogens is 814 g/mol. The van der Waals surface area contributed by atoms with E-state index in [2.05, 4.69) is 15.3 Å². The Morgan fingerprint density at radius 1 is 1.05 bits per heavy atom. The van der Waals surface area contributed by atoms with E-state index in [1.165, 1.54) is 18.3 Å². The van der Waals surface area contributed by atoms with Gasteiger partial charge in [-0.25, -0.2) is 18.1 Å². The van der Waals surface area contributed by atoms with Crippen molar-refractivity contribution in [1.29, 1.82) is 0 Å². The molecule has 3 aliphatic rings. The molecule has 2 fully saturated rings. The molecule has 15 heteroatoms. The van der Waals surface area contributed by atoms with Gasteiger partial charge in [-0.3, -0.25) is 19.8 Å². The maximum atomic E-state index is 14.1. The van der Waals surface area contributed by atoms with Gasteiger partial charge in [0.05, 0.1) is 27.1 Å². The van der Waals surface area contributed by atoms with Crippen LogP contribution in [0, 0.1) is 21.4 Å². The van der Waals surface area contributed by atoms with E-state index >= 15 is 0 Å². The lowest BCUT2D eigenvalue weighted by atomic mass is 9.72. The van der Waals surface area contributed by atoms with Crippen LogP contribution < -0.4 is 19.7 Å². The third kappa shape index (κ3) is 10.0. The summed E-state index contributed by atoms with van der Waals surface area (Å²) in [5, 5.41) is 16.2. The van der Waals surface area contributed by atoms with Crippen LogP contribution in [0.5, 0.6) is 11.5 Å². The number of aromatic amines is 1. The molecule has 5 aromatic rings. The molecule has 1 aliphatic heterocycles. The van der Waals surface area contributed by atoms with Gasteiger partial charge in [-0.05, 0) is 103 Å². The van der Waals surface area contributed by atoms with E-state index in [1.54, 1.807) is 36.5 Å². The van der Waals surface area contributed by atoms with Crippen molar-refractivity contribution in [2.75, 3.05) is 49.2 Å². The minimum Gasteiger partial charge on any atom is -0.455 e. The molecule has 320 valence electrons. The number of sulfonamides is 1. The molecule has 1 amide bonds. The van der Waals surface area contributed by atoms with E-state index in [9.17, 15) is 37.0 Å². The second-order valence-electron chi connectivity index (χ2n) is 16.2.